The topological polar surface area (TPSA) is 104 Å². The molecule has 1 aromatic heterocycles. The van der Waals surface area contributed by atoms with Gasteiger partial charge in [0.05, 0.1) is 0 Å². The maximum Gasteiger partial charge on any atom is 0.248 e. The van der Waals surface area contributed by atoms with E-state index < -0.39 is 0 Å². The van der Waals surface area contributed by atoms with Crippen LogP contribution in [0.5, 0.6) is 0 Å². The van der Waals surface area contributed by atoms with Crippen LogP contribution in [0.25, 0.3) is 0 Å². The van der Waals surface area contributed by atoms with Crippen LogP contribution >= 0.6 is 24.0 Å². The summed E-state index contributed by atoms with van der Waals surface area (Å²) in [5.74, 6) is 1.85. The minimum absolute atomic E-state index is 0. The molecule has 9 heteroatoms. The van der Waals surface area contributed by atoms with E-state index in [0.29, 0.717) is 37.2 Å². The minimum atomic E-state index is 0. The Balaban J connectivity index is 0.00000243. The van der Waals surface area contributed by atoms with E-state index in [0.717, 1.165) is 17.8 Å². The largest absolute Gasteiger partial charge is 0.357 e. The minimum Gasteiger partial charge on any atom is -0.357 e. The van der Waals surface area contributed by atoms with Gasteiger partial charge in [-0.3, -0.25) is 4.79 Å². The van der Waals surface area contributed by atoms with Gasteiger partial charge in [-0.25, -0.2) is 4.99 Å². The Morgan fingerprint density at radius 1 is 1.38 bits per heavy atom. The number of fused-ring (bicyclic) bond motifs is 1. The van der Waals surface area contributed by atoms with Crippen molar-refractivity contribution in [2.24, 2.45) is 4.99 Å². The molecule has 0 aliphatic carbocycles. The molecule has 1 aliphatic heterocycles. The molecule has 1 unspecified atom stereocenters. The van der Waals surface area contributed by atoms with Gasteiger partial charge in [-0.05, 0) is 25.5 Å². The van der Waals surface area contributed by atoms with Gasteiger partial charge in [0, 0.05) is 31.1 Å². The second-order valence-electron chi connectivity index (χ2n) is 5.85. The first-order valence-corrected chi connectivity index (χ1v) is 8.36. The average Bonchev–Trinajstić information content (AvgIpc) is 3.02. The van der Waals surface area contributed by atoms with Gasteiger partial charge in [-0.15, -0.1) is 24.0 Å². The molecule has 8 nitrogen and oxygen atoms in total. The van der Waals surface area contributed by atoms with Crippen molar-refractivity contribution in [1.82, 2.24) is 20.8 Å². The highest BCUT2D eigenvalue weighted by Crippen LogP contribution is 2.31. The van der Waals surface area contributed by atoms with Crippen molar-refractivity contribution in [3.63, 3.8) is 0 Å². The smallest absolute Gasteiger partial charge is 0.248 e. The zero-order valence-electron chi connectivity index (χ0n) is 14.8. The maximum absolute atomic E-state index is 11.9. The lowest BCUT2D eigenvalue weighted by molar-refractivity contribution is -0.116. The molecule has 140 valence electrons. The van der Waals surface area contributed by atoms with Crippen molar-refractivity contribution < 1.29 is 9.32 Å². The first-order valence-electron chi connectivity index (χ1n) is 8.36. The van der Waals surface area contributed by atoms with Gasteiger partial charge >= 0.3 is 0 Å². The summed E-state index contributed by atoms with van der Waals surface area (Å²) in [7, 11) is 0. The average molecular weight is 470 g/mol. The molecule has 3 N–H and O–H groups in total. The third-order valence-corrected chi connectivity index (χ3v) is 3.91. The van der Waals surface area contributed by atoms with Crippen LogP contribution < -0.4 is 16.0 Å². The molecule has 3 rings (SSSR count). The molecule has 1 aliphatic rings. The quantitative estimate of drug-likeness (QED) is 0.352. The van der Waals surface area contributed by atoms with Crippen LogP contribution in [-0.2, 0) is 11.3 Å². The van der Waals surface area contributed by atoms with E-state index in [4.69, 9.17) is 4.52 Å². The molecule has 2 heterocycles. The van der Waals surface area contributed by atoms with E-state index in [1.165, 1.54) is 0 Å². The number of carbonyl (C=O) groups is 1. The van der Waals surface area contributed by atoms with Gasteiger partial charge in [0.25, 0.3) is 0 Å². The molecule has 0 radical (unpaired) electrons. The van der Waals surface area contributed by atoms with Gasteiger partial charge in [0.2, 0.25) is 11.8 Å². The Morgan fingerprint density at radius 3 is 2.92 bits per heavy atom. The Morgan fingerprint density at radius 2 is 2.19 bits per heavy atom. The molecular formula is C17H23IN6O2. The van der Waals surface area contributed by atoms with E-state index in [1.807, 2.05) is 31.2 Å². The fraction of sp³-hybridized carbons (Fsp3) is 0.412. The number of rotatable bonds is 5. The van der Waals surface area contributed by atoms with Crippen LogP contribution in [0.15, 0.2) is 33.8 Å². The molecule has 1 aromatic carbocycles. The predicted molar refractivity (Wildman–Crippen MR) is 110 cm³/mol. The normalized spacial score (nSPS) is 16.3. The number of aryl methyl sites for hydroxylation is 1. The number of amides is 1. The number of nitrogens with zero attached hydrogens (tertiary/aromatic N) is 3. The Labute approximate surface area is 169 Å². The lowest BCUT2D eigenvalue weighted by atomic mass is 9.90. The molecule has 0 saturated carbocycles. The highest BCUT2D eigenvalue weighted by molar-refractivity contribution is 14.0. The third-order valence-electron chi connectivity index (χ3n) is 3.91. The van der Waals surface area contributed by atoms with Gasteiger partial charge in [-0.2, -0.15) is 4.98 Å². The number of guanidine groups is 1. The van der Waals surface area contributed by atoms with Crippen LogP contribution in [0.3, 0.4) is 0 Å². The van der Waals surface area contributed by atoms with Gasteiger partial charge in [-0.1, -0.05) is 23.4 Å². The van der Waals surface area contributed by atoms with Crippen LogP contribution in [0.4, 0.5) is 5.69 Å². The van der Waals surface area contributed by atoms with Crippen molar-refractivity contribution in [3.8, 4) is 0 Å². The Hall–Kier alpha value is -2.17. The molecule has 0 bridgehead atoms. The van der Waals surface area contributed by atoms with E-state index in [-0.39, 0.29) is 35.8 Å². The second kappa shape index (κ2) is 9.51. The molecule has 26 heavy (non-hydrogen) atoms. The Kier molecular flexibility index (Phi) is 7.37. The standard InChI is InChI=1S/C17H22N6O2.HI/c1-3-18-17(20-10-16-21-11(2)23-25-16)19-9-12-8-15(24)22-14-7-5-4-6-13(12)14;/h4-7,12H,3,8-10H2,1-2H3,(H,22,24)(H2,18,19,20);1H. The van der Waals surface area contributed by atoms with Crippen molar-refractivity contribution >= 4 is 41.5 Å². The van der Waals surface area contributed by atoms with Crippen LogP contribution in [-0.4, -0.2) is 35.1 Å². The third kappa shape index (κ3) is 5.16. The van der Waals surface area contributed by atoms with Crippen molar-refractivity contribution in [2.75, 3.05) is 18.4 Å². The second-order valence-corrected chi connectivity index (χ2v) is 5.85. The molecule has 0 fully saturated rings. The van der Waals surface area contributed by atoms with Gasteiger partial charge in [0.1, 0.15) is 6.54 Å². The predicted octanol–water partition coefficient (Wildman–Crippen LogP) is 2.18. The lowest BCUT2D eigenvalue weighted by Crippen LogP contribution is -2.40. The number of aromatic nitrogens is 2. The first-order chi connectivity index (χ1) is 12.2. The summed E-state index contributed by atoms with van der Waals surface area (Å²) >= 11 is 0. The zero-order valence-corrected chi connectivity index (χ0v) is 17.1. The number of hydrogen-bond acceptors (Lipinski definition) is 5. The fourth-order valence-corrected chi connectivity index (χ4v) is 2.80. The molecule has 2 aromatic rings. The number of para-hydroxylation sites is 1. The first kappa shape index (κ1) is 20.1. The number of hydrogen-bond donors (Lipinski definition) is 3. The number of aliphatic imine (C=N–C) groups is 1. The monoisotopic (exact) mass is 470 g/mol. The zero-order chi connectivity index (χ0) is 17.6. The molecular weight excluding hydrogens is 447 g/mol. The number of carbonyl (C=O) groups excluding carboxylic acids is 1. The number of nitrogens with one attached hydrogen (secondary N) is 3. The SMILES string of the molecule is CCNC(=NCc1nc(C)no1)NCC1CC(=O)Nc2ccccc21.I. The van der Waals surface area contributed by atoms with Crippen LogP contribution in [0.2, 0.25) is 0 Å². The summed E-state index contributed by atoms with van der Waals surface area (Å²) < 4.78 is 5.07. The van der Waals surface area contributed by atoms with E-state index in [9.17, 15) is 4.79 Å². The van der Waals surface area contributed by atoms with Gasteiger partial charge < -0.3 is 20.5 Å². The molecule has 1 amide bonds. The number of anilines is 1. The summed E-state index contributed by atoms with van der Waals surface area (Å²) in [6, 6.07) is 7.89. The van der Waals surface area contributed by atoms with E-state index in [1.54, 1.807) is 6.92 Å². The molecule has 0 saturated heterocycles. The lowest BCUT2D eigenvalue weighted by Gasteiger charge is -2.26. The number of benzene rings is 1. The highest BCUT2D eigenvalue weighted by Gasteiger charge is 2.24. The van der Waals surface area contributed by atoms with Crippen molar-refractivity contribution in [2.45, 2.75) is 32.7 Å². The summed E-state index contributed by atoms with van der Waals surface area (Å²) in [4.78, 5) is 20.5. The van der Waals surface area contributed by atoms with Crippen LogP contribution in [0, 0.1) is 6.92 Å². The van der Waals surface area contributed by atoms with Crippen LogP contribution in [0.1, 0.15) is 36.5 Å². The molecule has 1 atom stereocenters. The Bertz CT molecular complexity index is 776. The summed E-state index contributed by atoms with van der Waals surface area (Å²) in [6.07, 6.45) is 0.451. The summed E-state index contributed by atoms with van der Waals surface area (Å²) in [5.41, 5.74) is 2.02. The van der Waals surface area contributed by atoms with Crippen molar-refractivity contribution in [3.05, 3.63) is 41.5 Å². The number of halogens is 1. The summed E-state index contributed by atoms with van der Waals surface area (Å²) in [6.45, 7) is 5.41. The highest BCUT2D eigenvalue weighted by atomic mass is 127. The fourth-order valence-electron chi connectivity index (χ4n) is 2.80. The van der Waals surface area contributed by atoms with Crippen molar-refractivity contribution in [1.29, 1.82) is 0 Å². The van der Waals surface area contributed by atoms with E-state index in [2.05, 4.69) is 31.1 Å². The van der Waals surface area contributed by atoms with E-state index >= 15 is 0 Å². The molecule has 0 spiro atoms. The maximum atomic E-state index is 11.9. The van der Waals surface area contributed by atoms with Gasteiger partial charge in [0.15, 0.2) is 11.8 Å². The summed E-state index contributed by atoms with van der Waals surface area (Å²) in [5, 5.41) is 13.1.